The van der Waals surface area contributed by atoms with Crippen LogP contribution < -0.4 is 4.90 Å². The van der Waals surface area contributed by atoms with Crippen LogP contribution in [0.4, 0.5) is 10.1 Å². The summed E-state index contributed by atoms with van der Waals surface area (Å²) in [5, 5.41) is 15.2. The molecular formula is C22H22FN5OS. The molecule has 8 heteroatoms. The smallest absolute Gasteiger partial charge is 0.230 e. The van der Waals surface area contributed by atoms with Crippen LogP contribution in [0.25, 0.3) is 4.96 Å². The Bertz CT molecular complexity index is 1150. The Morgan fingerprint density at radius 2 is 1.70 bits per heavy atom. The second-order valence-corrected chi connectivity index (χ2v) is 8.47. The highest BCUT2D eigenvalue weighted by Gasteiger charge is 2.31. The van der Waals surface area contributed by atoms with Gasteiger partial charge in [0.25, 0.3) is 0 Å². The van der Waals surface area contributed by atoms with Gasteiger partial charge in [0.1, 0.15) is 11.6 Å². The zero-order chi connectivity index (χ0) is 20.7. The van der Waals surface area contributed by atoms with Gasteiger partial charge < -0.3 is 10.0 Å². The number of aromatic hydroxyl groups is 1. The highest BCUT2D eigenvalue weighted by molar-refractivity contribution is 7.17. The fourth-order valence-corrected chi connectivity index (χ4v) is 5.24. The molecule has 0 amide bonds. The van der Waals surface area contributed by atoms with Crippen molar-refractivity contribution in [2.75, 3.05) is 31.1 Å². The van der Waals surface area contributed by atoms with Crippen molar-refractivity contribution in [2.24, 2.45) is 0 Å². The monoisotopic (exact) mass is 423 g/mol. The van der Waals surface area contributed by atoms with Crippen molar-refractivity contribution in [3.05, 3.63) is 76.7 Å². The summed E-state index contributed by atoms with van der Waals surface area (Å²) < 4.78 is 14.8. The third-order valence-corrected chi connectivity index (χ3v) is 6.61. The number of hydrogen-bond acceptors (Lipinski definition) is 6. The molecule has 0 spiro atoms. The topological polar surface area (TPSA) is 56.9 Å². The SMILES string of the molecule is Cc1nc2sc([C@@H](c3ccccc3)N3CCN(c4ccc(F)cc4)CC3)c(O)n2n1. The third-order valence-electron chi connectivity index (χ3n) is 5.54. The number of anilines is 1. The summed E-state index contributed by atoms with van der Waals surface area (Å²) >= 11 is 1.48. The van der Waals surface area contributed by atoms with E-state index < -0.39 is 0 Å². The Kier molecular flexibility index (Phi) is 4.88. The van der Waals surface area contributed by atoms with Crippen molar-refractivity contribution in [1.82, 2.24) is 19.5 Å². The van der Waals surface area contributed by atoms with Crippen LogP contribution in [0.15, 0.2) is 54.6 Å². The summed E-state index contributed by atoms with van der Waals surface area (Å²) in [5.74, 6) is 0.584. The molecule has 154 valence electrons. The lowest BCUT2D eigenvalue weighted by atomic mass is 10.0. The molecule has 1 atom stereocenters. The molecule has 0 radical (unpaired) electrons. The number of halogens is 1. The molecule has 3 heterocycles. The van der Waals surface area contributed by atoms with Gasteiger partial charge in [-0.05, 0) is 36.8 Å². The van der Waals surface area contributed by atoms with Crippen LogP contribution in [0.5, 0.6) is 5.88 Å². The molecule has 1 aliphatic rings. The molecular weight excluding hydrogens is 401 g/mol. The summed E-state index contributed by atoms with van der Waals surface area (Å²) in [7, 11) is 0. The Labute approximate surface area is 177 Å². The zero-order valence-corrected chi connectivity index (χ0v) is 17.4. The van der Waals surface area contributed by atoms with Crippen molar-refractivity contribution in [3.63, 3.8) is 0 Å². The first-order valence-electron chi connectivity index (χ1n) is 9.94. The predicted molar refractivity (Wildman–Crippen MR) is 116 cm³/mol. The van der Waals surface area contributed by atoms with Crippen molar-refractivity contribution in [3.8, 4) is 5.88 Å². The number of piperazine rings is 1. The third kappa shape index (κ3) is 3.42. The molecule has 1 saturated heterocycles. The number of benzene rings is 2. The maximum absolute atomic E-state index is 13.3. The maximum atomic E-state index is 13.3. The van der Waals surface area contributed by atoms with E-state index in [-0.39, 0.29) is 17.7 Å². The predicted octanol–water partition coefficient (Wildman–Crippen LogP) is 3.86. The molecule has 0 unspecified atom stereocenters. The number of nitrogens with zero attached hydrogens (tertiary/aromatic N) is 5. The molecule has 0 saturated carbocycles. The number of thiazole rings is 1. The summed E-state index contributed by atoms with van der Waals surface area (Å²) in [4.78, 5) is 10.6. The van der Waals surface area contributed by atoms with Gasteiger partial charge in [-0.2, -0.15) is 4.52 Å². The van der Waals surface area contributed by atoms with Gasteiger partial charge >= 0.3 is 0 Å². The Hall–Kier alpha value is -2.97. The fourth-order valence-electron chi connectivity index (χ4n) is 4.08. The molecule has 5 rings (SSSR count). The van der Waals surface area contributed by atoms with E-state index in [1.807, 2.05) is 37.3 Å². The molecule has 0 aliphatic carbocycles. The first-order chi connectivity index (χ1) is 14.6. The minimum Gasteiger partial charge on any atom is -0.492 e. The van der Waals surface area contributed by atoms with E-state index in [0.29, 0.717) is 10.8 Å². The van der Waals surface area contributed by atoms with Gasteiger partial charge in [0.2, 0.25) is 10.8 Å². The van der Waals surface area contributed by atoms with E-state index in [2.05, 4.69) is 32.0 Å². The van der Waals surface area contributed by atoms with E-state index in [9.17, 15) is 9.50 Å². The maximum Gasteiger partial charge on any atom is 0.230 e. The first-order valence-corrected chi connectivity index (χ1v) is 10.8. The largest absolute Gasteiger partial charge is 0.492 e. The average Bonchev–Trinajstić information content (AvgIpc) is 3.27. The van der Waals surface area contributed by atoms with Gasteiger partial charge in [-0.3, -0.25) is 4.90 Å². The fraction of sp³-hybridized carbons (Fsp3) is 0.273. The van der Waals surface area contributed by atoms with Gasteiger partial charge in [-0.15, -0.1) is 5.10 Å². The lowest BCUT2D eigenvalue weighted by Gasteiger charge is -2.40. The molecule has 30 heavy (non-hydrogen) atoms. The van der Waals surface area contributed by atoms with Crippen LogP contribution >= 0.6 is 11.3 Å². The molecule has 1 fully saturated rings. The van der Waals surface area contributed by atoms with Crippen LogP contribution in [0.2, 0.25) is 0 Å². The number of aryl methyl sites for hydroxylation is 1. The number of aromatic nitrogens is 3. The molecule has 1 N–H and O–H groups in total. The number of hydrogen-bond donors (Lipinski definition) is 1. The van der Waals surface area contributed by atoms with Gasteiger partial charge in [-0.25, -0.2) is 9.37 Å². The van der Waals surface area contributed by atoms with E-state index in [1.54, 1.807) is 0 Å². The molecule has 6 nitrogen and oxygen atoms in total. The van der Waals surface area contributed by atoms with Crippen LogP contribution in [0.1, 0.15) is 22.3 Å². The molecule has 2 aromatic heterocycles. The minimum atomic E-state index is -0.219. The lowest BCUT2D eigenvalue weighted by Crippen LogP contribution is -2.47. The van der Waals surface area contributed by atoms with Gasteiger partial charge in [-0.1, -0.05) is 41.7 Å². The number of rotatable bonds is 4. The Balaban J connectivity index is 1.45. The van der Waals surface area contributed by atoms with Crippen molar-refractivity contribution in [2.45, 2.75) is 13.0 Å². The summed E-state index contributed by atoms with van der Waals surface area (Å²) in [6, 6.07) is 16.8. The van der Waals surface area contributed by atoms with Crippen molar-refractivity contribution in [1.29, 1.82) is 0 Å². The van der Waals surface area contributed by atoms with Gasteiger partial charge in [0.15, 0.2) is 0 Å². The standard InChI is InChI=1S/C22H22FN5OS/c1-15-24-22-28(25-15)21(29)20(30-22)19(16-5-3-2-4-6-16)27-13-11-26(12-14-27)18-9-7-17(23)8-10-18/h2-10,19,29H,11-14H2,1H3/t19-/m1/s1. The Morgan fingerprint density at radius 3 is 2.37 bits per heavy atom. The highest BCUT2D eigenvalue weighted by atomic mass is 32.1. The van der Waals surface area contributed by atoms with Crippen LogP contribution in [-0.2, 0) is 0 Å². The van der Waals surface area contributed by atoms with E-state index in [1.165, 1.54) is 28.0 Å². The second kappa shape index (κ2) is 7.70. The van der Waals surface area contributed by atoms with Crippen molar-refractivity contribution < 1.29 is 9.50 Å². The first kappa shape index (κ1) is 19.0. The summed E-state index contributed by atoms with van der Waals surface area (Å²) in [6.45, 7) is 5.12. The van der Waals surface area contributed by atoms with Crippen LogP contribution in [0, 0.1) is 12.7 Å². The van der Waals surface area contributed by atoms with Gasteiger partial charge in [0.05, 0.1) is 10.9 Å². The average molecular weight is 424 g/mol. The second-order valence-electron chi connectivity index (χ2n) is 7.46. The summed E-state index contributed by atoms with van der Waals surface area (Å²) in [5.41, 5.74) is 2.16. The Morgan fingerprint density at radius 1 is 1.00 bits per heavy atom. The zero-order valence-electron chi connectivity index (χ0n) is 16.6. The molecule has 2 aromatic carbocycles. The van der Waals surface area contributed by atoms with Crippen LogP contribution in [-0.4, -0.2) is 50.8 Å². The molecule has 0 bridgehead atoms. The van der Waals surface area contributed by atoms with E-state index in [4.69, 9.17) is 0 Å². The normalized spacial score (nSPS) is 16.3. The van der Waals surface area contributed by atoms with E-state index >= 15 is 0 Å². The minimum absolute atomic E-state index is 0.0737. The quantitative estimate of drug-likeness (QED) is 0.540. The van der Waals surface area contributed by atoms with Gasteiger partial charge in [0, 0.05) is 31.9 Å². The van der Waals surface area contributed by atoms with Crippen LogP contribution in [0.3, 0.4) is 0 Å². The lowest BCUT2D eigenvalue weighted by molar-refractivity contribution is 0.211. The summed E-state index contributed by atoms with van der Waals surface area (Å²) in [6.07, 6.45) is 0. The highest BCUT2D eigenvalue weighted by Crippen LogP contribution is 2.40. The number of fused-ring (bicyclic) bond motifs is 1. The van der Waals surface area contributed by atoms with Crippen molar-refractivity contribution >= 4 is 22.0 Å². The molecule has 1 aliphatic heterocycles. The molecule has 4 aromatic rings. The van der Waals surface area contributed by atoms with E-state index in [0.717, 1.165) is 42.3 Å².